The maximum absolute atomic E-state index is 9.35. The summed E-state index contributed by atoms with van der Waals surface area (Å²) >= 11 is 0. The van der Waals surface area contributed by atoms with Gasteiger partial charge in [0.25, 0.3) is 6.71 Å². The molecule has 0 unspecified atom stereocenters. The largest absolute Gasteiger partial charge is 0.311 e. The highest BCUT2D eigenvalue weighted by molar-refractivity contribution is 7.21. The van der Waals surface area contributed by atoms with Gasteiger partial charge in [0, 0.05) is 33.9 Å². The fourth-order valence-electron chi connectivity index (χ4n) is 16.1. The van der Waals surface area contributed by atoms with Gasteiger partial charge in [0.1, 0.15) is 0 Å². The van der Waals surface area contributed by atoms with Crippen LogP contribution in [-0.2, 0) is 5.41 Å². The van der Waals surface area contributed by atoms with Crippen molar-refractivity contribution in [1.82, 2.24) is 0 Å². The Morgan fingerprint density at radius 3 is 1.18 bits per heavy atom. The highest BCUT2D eigenvalue weighted by atomic mass is 28.3. The maximum atomic E-state index is 9.35. The van der Waals surface area contributed by atoms with E-state index in [4.69, 9.17) is 4.11 Å². The standard InChI is InChI=1S/C94H73BN2Si2/c1-94(2,3)74-57-61-88(84(65-74)71-39-18-7-19-40-71)97-91-56-32-55-90-93(91)95(85-60-58-82(67-92(85)97)99(77-47-24-10-25-48-77,78-49-26-11-27-50-78)80-52-31-42-73(64-80)69-35-14-5-15-36-69)86-66-81(59-62-89(86)96(90)87-54-29-28-53-83(87)70-37-16-6-17-38-70)98(75-43-20-8-21-44-75,76-45-22-9-23-46-76)79-51-30-41-72(63-79)68-33-12-4-13-34-68/h4-67H,1-3H3/i4D,12D,13D,33D,34D. The number of para-hydroxylation sites is 1. The molecule has 0 fully saturated rings. The molecule has 17 rings (SSSR count). The van der Waals surface area contributed by atoms with Crippen LogP contribution < -0.4 is 67.7 Å². The van der Waals surface area contributed by atoms with Gasteiger partial charge < -0.3 is 9.80 Å². The summed E-state index contributed by atoms with van der Waals surface area (Å²) < 4.78 is 45.1. The lowest BCUT2D eigenvalue weighted by molar-refractivity contribution is 0.590. The van der Waals surface area contributed by atoms with Crippen molar-refractivity contribution >= 4 is 115 Å². The normalized spacial score (nSPS) is 13.2. The fourth-order valence-corrected chi connectivity index (χ4v) is 25.7. The van der Waals surface area contributed by atoms with Gasteiger partial charge in [-0.05, 0) is 145 Å². The van der Waals surface area contributed by atoms with Crippen molar-refractivity contribution in [2.24, 2.45) is 0 Å². The van der Waals surface area contributed by atoms with Gasteiger partial charge in [0.05, 0.1) is 18.2 Å². The molecule has 0 N–H and O–H groups in total. The first-order chi connectivity index (χ1) is 50.8. The highest BCUT2D eigenvalue weighted by Gasteiger charge is 2.49. The monoisotopic (exact) mass is 1300 g/mol. The van der Waals surface area contributed by atoms with Gasteiger partial charge in [-0.3, -0.25) is 0 Å². The van der Waals surface area contributed by atoms with Crippen LogP contribution in [0.25, 0.3) is 44.5 Å². The first-order valence-corrected chi connectivity index (χ1v) is 38.3. The van der Waals surface area contributed by atoms with Crippen molar-refractivity contribution in [1.29, 1.82) is 0 Å². The average molecular weight is 1300 g/mol. The van der Waals surface area contributed by atoms with Crippen LogP contribution in [0.15, 0.2) is 388 Å². The Morgan fingerprint density at radius 1 is 0.263 bits per heavy atom. The quantitative estimate of drug-likeness (QED) is 0.0791. The van der Waals surface area contributed by atoms with Crippen LogP contribution in [0.5, 0.6) is 0 Å². The molecule has 2 heterocycles. The van der Waals surface area contributed by atoms with Gasteiger partial charge >= 0.3 is 0 Å². The van der Waals surface area contributed by atoms with E-state index in [-0.39, 0.29) is 41.9 Å². The molecule has 0 spiro atoms. The van der Waals surface area contributed by atoms with E-state index in [1.54, 1.807) is 0 Å². The zero-order valence-corrected chi connectivity index (χ0v) is 57.5. The molecule has 0 amide bonds. The minimum atomic E-state index is -3.57. The second-order valence-corrected chi connectivity index (χ2v) is 34.7. The van der Waals surface area contributed by atoms with Crippen molar-refractivity contribution < 1.29 is 6.85 Å². The summed E-state index contributed by atoms with van der Waals surface area (Å²) in [6.07, 6.45) is 0. The molecule has 2 aliphatic rings. The molecular formula is C94H73BN2Si2. The Hall–Kier alpha value is -11.6. The zero-order chi connectivity index (χ0) is 70.8. The molecular weight excluding hydrogens is 1220 g/mol. The molecule has 0 saturated heterocycles. The van der Waals surface area contributed by atoms with E-state index < -0.39 is 22.2 Å². The lowest BCUT2D eigenvalue weighted by atomic mass is 9.33. The fraction of sp³-hybridized carbons (Fsp3) is 0.0426. The summed E-state index contributed by atoms with van der Waals surface area (Å²) in [5.74, 6) is 0. The minimum Gasteiger partial charge on any atom is -0.311 e. The SMILES string of the molecule is [2H]c1c([2H])c([2H])c(-c2cccc([Si](c3ccccc3)(c3ccccc3)c3ccc4c(c3)B3c5ccc([Si](c6ccccc6)(c6ccccc6)c6cccc(-c7ccccc7)c6)cc5N(c5ccc(C(C)(C)C)cc5-c5ccccc5)c5cccc(c53)N4c3ccccc3-c3ccccc3)c2)c([2H])c1[2H]. The summed E-state index contributed by atoms with van der Waals surface area (Å²) in [6.45, 7) is 6.57. The Morgan fingerprint density at radius 2 is 0.646 bits per heavy atom. The molecule has 2 aliphatic heterocycles. The Balaban J connectivity index is 1.01. The predicted octanol–water partition coefficient (Wildman–Crippen LogP) is 16.5. The van der Waals surface area contributed by atoms with E-state index in [1.165, 1.54) is 48.4 Å². The van der Waals surface area contributed by atoms with Crippen LogP contribution in [0.2, 0.25) is 0 Å². The van der Waals surface area contributed by atoms with Gasteiger partial charge in [-0.15, -0.1) is 0 Å². The Kier molecular flexibility index (Phi) is 14.3. The van der Waals surface area contributed by atoms with E-state index in [0.717, 1.165) is 82.6 Å². The first-order valence-electron chi connectivity index (χ1n) is 36.8. The summed E-state index contributed by atoms with van der Waals surface area (Å²) in [7, 11) is -6.89. The number of nitrogens with zero attached hydrogens (tertiary/aromatic N) is 2. The highest BCUT2D eigenvalue weighted by Crippen LogP contribution is 2.49. The third-order valence-corrected chi connectivity index (χ3v) is 30.1. The smallest absolute Gasteiger partial charge is 0.252 e. The molecule has 99 heavy (non-hydrogen) atoms. The van der Waals surface area contributed by atoms with Crippen molar-refractivity contribution in [2.75, 3.05) is 9.80 Å². The number of fused-ring (bicyclic) bond motifs is 4. The maximum Gasteiger partial charge on any atom is 0.252 e. The lowest BCUT2D eigenvalue weighted by Gasteiger charge is -2.46. The van der Waals surface area contributed by atoms with Crippen LogP contribution in [0.4, 0.5) is 34.1 Å². The van der Waals surface area contributed by atoms with Gasteiger partial charge in [0.15, 0.2) is 16.1 Å². The van der Waals surface area contributed by atoms with Crippen LogP contribution in [0, 0.1) is 0 Å². The molecule has 0 aromatic heterocycles. The zero-order valence-electron chi connectivity index (χ0n) is 60.5. The van der Waals surface area contributed by atoms with Crippen molar-refractivity contribution in [2.45, 2.75) is 26.2 Å². The third kappa shape index (κ3) is 10.5. The van der Waals surface area contributed by atoms with Crippen LogP contribution in [-0.4, -0.2) is 22.9 Å². The van der Waals surface area contributed by atoms with Gasteiger partial charge in [0.2, 0.25) is 0 Å². The Bertz CT molecular complexity index is 5640. The first kappa shape index (κ1) is 55.5. The molecule has 0 saturated carbocycles. The molecule has 0 bridgehead atoms. The molecule has 2 nitrogen and oxygen atoms in total. The number of rotatable bonds is 14. The lowest BCUT2D eigenvalue weighted by Crippen LogP contribution is -2.75. The van der Waals surface area contributed by atoms with Gasteiger partial charge in [-0.25, -0.2) is 0 Å². The van der Waals surface area contributed by atoms with Gasteiger partial charge in [-0.1, -0.05) is 366 Å². The number of anilines is 6. The topological polar surface area (TPSA) is 6.48 Å². The average Bonchev–Trinajstić information content (AvgIpc) is 0.689. The Labute approximate surface area is 592 Å². The summed E-state index contributed by atoms with van der Waals surface area (Å²) in [4.78, 5) is 5.15. The molecule has 470 valence electrons. The molecule has 0 aliphatic carbocycles. The number of hydrogen-bond acceptors (Lipinski definition) is 2. The third-order valence-electron chi connectivity index (χ3n) is 20.6. The molecule has 15 aromatic rings. The predicted molar refractivity (Wildman–Crippen MR) is 428 cm³/mol. The van der Waals surface area contributed by atoms with Crippen LogP contribution in [0.1, 0.15) is 33.2 Å². The van der Waals surface area contributed by atoms with Gasteiger partial charge in [-0.2, -0.15) is 0 Å². The summed E-state index contributed by atoms with van der Waals surface area (Å²) in [5, 5.41) is 9.50. The van der Waals surface area contributed by atoms with E-state index in [0.29, 0.717) is 5.56 Å². The minimum absolute atomic E-state index is 0.162. The number of hydrogen-bond donors (Lipinski definition) is 0. The molecule has 0 atom stereocenters. The van der Waals surface area contributed by atoms with Crippen molar-refractivity contribution in [3.8, 4) is 44.5 Å². The van der Waals surface area contributed by atoms with Crippen LogP contribution in [0.3, 0.4) is 0 Å². The van der Waals surface area contributed by atoms with Crippen molar-refractivity contribution in [3.05, 3.63) is 394 Å². The molecule has 0 radical (unpaired) electrons. The summed E-state index contributed by atoms with van der Waals surface area (Å²) in [6, 6.07) is 131. The van der Waals surface area contributed by atoms with Crippen LogP contribution >= 0.6 is 0 Å². The van der Waals surface area contributed by atoms with E-state index in [9.17, 15) is 2.74 Å². The summed E-state index contributed by atoms with van der Waals surface area (Å²) in [5.41, 5.74) is 18.5. The van der Waals surface area contributed by atoms with E-state index >= 15 is 0 Å². The van der Waals surface area contributed by atoms with E-state index in [1.807, 2.05) is 12.1 Å². The van der Waals surface area contributed by atoms with E-state index in [2.05, 4.69) is 376 Å². The second kappa shape index (κ2) is 25.4. The molecule has 5 heteroatoms. The molecule has 15 aromatic carbocycles. The van der Waals surface area contributed by atoms with Crippen molar-refractivity contribution in [3.63, 3.8) is 0 Å². The number of benzene rings is 15. The second-order valence-electron chi connectivity index (χ2n) is 27.1.